The van der Waals surface area contributed by atoms with Crippen LogP contribution in [0.5, 0.6) is 0 Å². The van der Waals surface area contributed by atoms with E-state index in [1.54, 1.807) is 0 Å². The Morgan fingerprint density at radius 1 is 0.947 bits per heavy atom. The number of Topliss-reactive ketones (excluding diaryl/α,β-unsaturated/α-hetero) is 1. The number of carbonyl (C=O) groups is 1. The Bertz CT molecular complexity index is 540. The lowest BCUT2D eigenvalue weighted by Crippen LogP contribution is -2.03. The Hall–Kier alpha value is -1.41. The molecule has 0 radical (unpaired) electrons. The van der Waals surface area contributed by atoms with Gasteiger partial charge in [0.25, 0.3) is 0 Å². The van der Waals surface area contributed by atoms with Gasteiger partial charge in [0.15, 0.2) is 5.78 Å². The van der Waals surface area contributed by atoms with E-state index in [9.17, 15) is 4.79 Å². The minimum Gasteiger partial charge on any atom is -0.294 e. The van der Waals surface area contributed by atoms with Crippen LogP contribution in [0, 0.1) is 0 Å². The van der Waals surface area contributed by atoms with Crippen LogP contribution in [-0.2, 0) is 12.8 Å². The quantitative estimate of drug-likeness (QED) is 0.722. The van der Waals surface area contributed by atoms with Crippen LogP contribution in [0.25, 0.3) is 0 Å². The van der Waals surface area contributed by atoms with Gasteiger partial charge in [-0.3, -0.25) is 4.79 Å². The van der Waals surface area contributed by atoms with E-state index in [2.05, 4.69) is 35.0 Å². The van der Waals surface area contributed by atoms with E-state index in [1.165, 1.54) is 5.56 Å². The second-order valence-corrected chi connectivity index (χ2v) is 5.59. The summed E-state index contributed by atoms with van der Waals surface area (Å²) in [4.78, 5) is 12.2. The maximum atomic E-state index is 12.2. The Kier molecular flexibility index (Phi) is 4.92. The van der Waals surface area contributed by atoms with E-state index in [4.69, 9.17) is 0 Å². The minimum absolute atomic E-state index is 0.172. The van der Waals surface area contributed by atoms with Gasteiger partial charge >= 0.3 is 0 Å². The molecule has 0 fully saturated rings. The Labute approximate surface area is 122 Å². The van der Waals surface area contributed by atoms with Crippen LogP contribution < -0.4 is 0 Å². The van der Waals surface area contributed by atoms with E-state index < -0.39 is 0 Å². The molecular weight excluding hydrogens is 300 g/mol. The van der Waals surface area contributed by atoms with Crippen LogP contribution >= 0.6 is 15.9 Å². The van der Waals surface area contributed by atoms with Gasteiger partial charge in [-0.1, -0.05) is 65.7 Å². The van der Waals surface area contributed by atoms with Gasteiger partial charge in [0.1, 0.15) is 0 Å². The molecule has 0 aliphatic heterocycles. The van der Waals surface area contributed by atoms with Crippen molar-refractivity contribution in [3.8, 4) is 0 Å². The number of ketones is 1. The number of carbonyl (C=O) groups excluding carboxylic acids is 1. The van der Waals surface area contributed by atoms with Crippen molar-refractivity contribution in [1.82, 2.24) is 0 Å². The summed E-state index contributed by atoms with van der Waals surface area (Å²) in [6, 6.07) is 15.9. The second-order valence-electron chi connectivity index (χ2n) is 4.67. The maximum Gasteiger partial charge on any atom is 0.167 e. The van der Waals surface area contributed by atoms with Crippen molar-refractivity contribution in [3.63, 3.8) is 0 Å². The first-order valence-electron chi connectivity index (χ1n) is 6.55. The minimum atomic E-state index is 0.172. The fraction of sp³-hybridized carbons (Fsp3) is 0.235. The third kappa shape index (κ3) is 4.03. The van der Waals surface area contributed by atoms with E-state index in [1.807, 2.05) is 36.4 Å². The average molecular weight is 317 g/mol. The molecule has 19 heavy (non-hydrogen) atoms. The van der Waals surface area contributed by atoms with E-state index in [0.717, 1.165) is 28.4 Å². The molecular formula is C17H17BrO. The maximum absolute atomic E-state index is 12.2. The van der Waals surface area contributed by atoms with E-state index in [0.29, 0.717) is 6.42 Å². The van der Waals surface area contributed by atoms with Gasteiger partial charge in [0.2, 0.25) is 0 Å². The van der Waals surface area contributed by atoms with Crippen LogP contribution in [0.15, 0.2) is 53.0 Å². The molecule has 0 heterocycles. The predicted octanol–water partition coefficient (Wildman–Crippen LogP) is 4.83. The zero-order valence-corrected chi connectivity index (χ0v) is 12.6. The Morgan fingerprint density at radius 2 is 1.53 bits per heavy atom. The Morgan fingerprint density at radius 3 is 2.11 bits per heavy atom. The van der Waals surface area contributed by atoms with Gasteiger partial charge in [-0.15, -0.1) is 0 Å². The number of halogens is 1. The van der Waals surface area contributed by atoms with Crippen molar-refractivity contribution in [3.05, 3.63) is 69.7 Å². The van der Waals surface area contributed by atoms with Crippen LogP contribution in [0.1, 0.15) is 34.8 Å². The summed E-state index contributed by atoms with van der Waals surface area (Å²) in [6.45, 7) is 2.16. The van der Waals surface area contributed by atoms with Crippen molar-refractivity contribution < 1.29 is 4.79 Å². The lowest BCUT2D eigenvalue weighted by atomic mass is 10.0. The first kappa shape index (κ1) is 14.0. The summed E-state index contributed by atoms with van der Waals surface area (Å²) in [6.07, 6.45) is 2.66. The highest BCUT2D eigenvalue weighted by Crippen LogP contribution is 2.14. The Balaban J connectivity index is 2.05. The molecule has 0 saturated carbocycles. The fourth-order valence-electron chi connectivity index (χ4n) is 2.04. The van der Waals surface area contributed by atoms with Crippen molar-refractivity contribution in [2.75, 3.05) is 0 Å². The molecule has 1 nitrogen and oxygen atoms in total. The molecule has 0 saturated heterocycles. The van der Waals surface area contributed by atoms with Crippen LogP contribution in [0.4, 0.5) is 0 Å². The molecule has 2 heteroatoms. The second kappa shape index (κ2) is 6.67. The summed E-state index contributed by atoms with van der Waals surface area (Å²) in [5, 5.41) is 0. The molecule has 2 aromatic rings. The molecule has 0 unspecified atom stereocenters. The lowest BCUT2D eigenvalue weighted by molar-refractivity contribution is 0.0993. The van der Waals surface area contributed by atoms with Gasteiger partial charge in [0, 0.05) is 16.5 Å². The van der Waals surface area contributed by atoms with Gasteiger partial charge in [-0.05, 0) is 29.7 Å². The first-order valence-corrected chi connectivity index (χ1v) is 7.35. The molecule has 0 aliphatic rings. The summed E-state index contributed by atoms with van der Waals surface area (Å²) in [5.74, 6) is 0.172. The molecule has 2 aromatic carbocycles. The van der Waals surface area contributed by atoms with Crippen molar-refractivity contribution in [2.45, 2.75) is 26.2 Å². The van der Waals surface area contributed by atoms with Crippen LogP contribution in [0.3, 0.4) is 0 Å². The van der Waals surface area contributed by atoms with E-state index >= 15 is 0 Å². The summed E-state index contributed by atoms with van der Waals surface area (Å²) < 4.78 is 1.03. The smallest absolute Gasteiger partial charge is 0.167 e. The van der Waals surface area contributed by atoms with Crippen LogP contribution in [-0.4, -0.2) is 5.78 Å². The summed E-state index contributed by atoms with van der Waals surface area (Å²) in [5.41, 5.74) is 3.14. The largest absolute Gasteiger partial charge is 0.294 e. The zero-order chi connectivity index (χ0) is 13.7. The monoisotopic (exact) mass is 316 g/mol. The highest BCUT2D eigenvalue weighted by atomic mass is 79.9. The number of hydrogen-bond donors (Lipinski definition) is 0. The van der Waals surface area contributed by atoms with Crippen molar-refractivity contribution in [2.24, 2.45) is 0 Å². The fourth-order valence-corrected chi connectivity index (χ4v) is 2.30. The third-order valence-corrected chi connectivity index (χ3v) is 3.62. The number of benzene rings is 2. The summed E-state index contributed by atoms with van der Waals surface area (Å²) in [7, 11) is 0. The highest BCUT2D eigenvalue weighted by Gasteiger charge is 2.06. The van der Waals surface area contributed by atoms with E-state index in [-0.39, 0.29) is 5.78 Å². The van der Waals surface area contributed by atoms with Gasteiger partial charge in [-0.2, -0.15) is 0 Å². The van der Waals surface area contributed by atoms with Gasteiger partial charge in [-0.25, -0.2) is 0 Å². The standard InChI is InChI=1S/C17H17BrO/c1-2-3-13-4-8-15(9-5-13)17(19)12-14-6-10-16(18)11-7-14/h4-11H,2-3,12H2,1H3. The molecule has 0 bridgehead atoms. The SMILES string of the molecule is CCCc1ccc(C(=O)Cc2ccc(Br)cc2)cc1. The van der Waals surface area contributed by atoms with Gasteiger partial charge in [0.05, 0.1) is 0 Å². The van der Waals surface area contributed by atoms with Crippen LogP contribution in [0.2, 0.25) is 0 Å². The number of hydrogen-bond acceptors (Lipinski definition) is 1. The first-order chi connectivity index (χ1) is 9.19. The third-order valence-electron chi connectivity index (χ3n) is 3.09. The molecule has 0 aromatic heterocycles. The molecule has 0 spiro atoms. The summed E-state index contributed by atoms with van der Waals surface area (Å²) >= 11 is 3.39. The predicted molar refractivity (Wildman–Crippen MR) is 82.6 cm³/mol. The number of rotatable bonds is 5. The molecule has 0 amide bonds. The van der Waals surface area contributed by atoms with Crippen molar-refractivity contribution in [1.29, 1.82) is 0 Å². The van der Waals surface area contributed by atoms with Crippen molar-refractivity contribution >= 4 is 21.7 Å². The van der Waals surface area contributed by atoms with Gasteiger partial charge < -0.3 is 0 Å². The molecule has 98 valence electrons. The molecule has 0 aliphatic carbocycles. The lowest BCUT2D eigenvalue weighted by Gasteiger charge is -2.04. The normalized spacial score (nSPS) is 10.4. The topological polar surface area (TPSA) is 17.1 Å². The average Bonchev–Trinajstić information content (AvgIpc) is 2.42. The number of aryl methyl sites for hydroxylation is 1. The molecule has 2 rings (SSSR count). The highest BCUT2D eigenvalue weighted by molar-refractivity contribution is 9.10. The molecule has 0 N–H and O–H groups in total. The zero-order valence-electron chi connectivity index (χ0n) is 11.0. The molecule has 0 atom stereocenters.